The minimum atomic E-state index is -0.769. The summed E-state index contributed by atoms with van der Waals surface area (Å²) in [7, 11) is 1.46. The number of hydrogen-bond donors (Lipinski definition) is 3. The van der Waals surface area contributed by atoms with Crippen LogP contribution in [-0.2, 0) is 20.9 Å². The Hall–Kier alpha value is -2.99. The number of amides is 2. The zero-order chi connectivity index (χ0) is 22.3. The van der Waals surface area contributed by atoms with Crippen molar-refractivity contribution in [3.8, 4) is 0 Å². The zero-order valence-corrected chi connectivity index (χ0v) is 18.0. The molecule has 164 valence electrons. The van der Waals surface area contributed by atoms with Gasteiger partial charge in [-0.05, 0) is 5.92 Å². The topological polar surface area (TPSA) is 152 Å². The molecule has 0 bridgehead atoms. The first-order valence-corrected chi connectivity index (χ1v) is 10.2. The second kappa shape index (κ2) is 10.7. The van der Waals surface area contributed by atoms with Crippen LogP contribution in [0.1, 0.15) is 26.7 Å². The van der Waals surface area contributed by atoms with E-state index < -0.39 is 17.2 Å². The number of rotatable bonds is 10. The van der Waals surface area contributed by atoms with Crippen LogP contribution < -0.4 is 27.2 Å². The maximum Gasteiger partial charge on any atom is 0.330 e. The van der Waals surface area contributed by atoms with Crippen LogP contribution in [-0.4, -0.2) is 46.6 Å². The van der Waals surface area contributed by atoms with E-state index in [0.29, 0.717) is 5.13 Å². The van der Waals surface area contributed by atoms with Crippen LogP contribution in [0, 0.1) is 5.92 Å². The molecule has 2 aromatic heterocycles. The maximum absolute atomic E-state index is 12.9. The predicted octanol–water partition coefficient (Wildman–Crippen LogP) is 0.630. The highest BCUT2D eigenvalue weighted by molar-refractivity contribution is 7.13. The van der Waals surface area contributed by atoms with E-state index >= 15 is 0 Å². The summed E-state index contributed by atoms with van der Waals surface area (Å²) in [6.45, 7) is 4.24. The number of carbonyl (C=O) groups excluding carboxylic acids is 2. The Morgan fingerprint density at radius 1 is 1.37 bits per heavy atom. The van der Waals surface area contributed by atoms with Gasteiger partial charge in [-0.2, -0.15) is 0 Å². The molecule has 0 aliphatic carbocycles. The van der Waals surface area contributed by atoms with Crippen LogP contribution in [0.5, 0.6) is 0 Å². The lowest BCUT2D eigenvalue weighted by Crippen LogP contribution is -2.43. The lowest BCUT2D eigenvalue weighted by atomic mass is 10.2. The standard InChI is InChI=1S/C18H26N6O5S/c1-11(2)10-24-15(19)14(16(27)22-18(24)28)23(7-8-29-3)13(26)5-4-12(25)21-17-20-6-9-30-17/h6,9,11H,4-5,7-8,10,19H2,1-3H3,(H,20,21,25)(H,22,27,28). The average molecular weight is 439 g/mol. The molecule has 0 radical (unpaired) electrons. The number of H-pyrrole nitrogens is 1. The fraction of sp³-hybridized carbons (Fsp3) is 0.500. The first-order chi connectivity index (χ1) is 14.2. The zero-order valence-electron chi connectivity index (χ0n) is 17.1. The van der Waals surface area contributed by atoms with Crippen molar-refractivity contribution >= 4 is 39.8 Å². The van der Waals surface area contributed by atoms with Gasteiger partial charge in [0.25, 0.3) is 5.56 Å². The van der Waals surface area contributed by atoms with E-state index in [-0.39, 0.29) is 55.9 Å². The van der Waals surface area contributed by atoms with Crippen molar-refractivity contribution in [2.24, 2.45) is 5.92 Å². The number of anilines is 3. The molecule has 0 saturated heterocycles. The van der Waals surface area contributed by atoms with Gasteiger partial charge in [0.15, 0.2) is 10.8 Å². The molecule has 2 aromatic rings. The van der Waals surface area contributed by atoms with Gasteiger partial charge in [-0.3, -0.25) is 23.9 Å². The van der Waals surface area contributed by atoms with Crippen molar-refractivity contribution in [1.82, 2.24) is 14.5 Å². The van der Waals surface area contributed by atoms with Gasteiger partial charge < -0.3 is 20.7 Å². The quantitative estimate of drug-likeness (QED) is 0.492. The van der Waals surface area contributed by atoms with Crippen molar-refractivity contribution in [3.63, 3.8) is 0 Å². The number of methoxy groups -OCH3 is 1. The summed E-state index contributed by atoms with van der Waals surface area (Å²) in [5.74, 6) is -0.888. The average Bonchev–Trinajstić information content (AvgIpc) is 3.18. The summed E-state index contributed by atoms with van der Waals surface area (Å²) in [6, 6.07) is 0. The highest BCUT2D eigenvalue weighted by atomic mass is 32.1. The van der Waals surface area contributed by atoms with Gasteiger partial charge in [0, 0.05) is 44.6 Å². The number of ether oxygens (including phenoxy) is 1. The van der Waals surface area contributed by atoms with Gasteiger partial charge in [-0.25, -0.2) is 9.78 Å². The summed E-state index contributed by atoms with van der Waals surface area (Å²) in [4.78, 5) is 56.9. The van der Waals surface area contributed by atoms with Crippen LogP contribution in [0.3, 0.4) is 0 Å². The molecule has 0 fully saturated rings. The Balaban J connectivity index is 2.26. The molecule has 12 heteroatoms. The predicted molar refractivity (Wildman–Crippen MR) is 115 cm³/mol. The molecule has 0 unspecified atom stereocenters. The highest BCUT2D eigenvalue weighted by Crippen LogP contribution is 2.19. The lowest BCUT2D eigenvalue weighted by Gasteiger charge is -2.24. The second-order valence-corrected chi connectivity index (χ2v) is 7.82. The number of nitrogens with zero attached hydrogens (tertiary/aromatic N) is 3. The summed E-state index contributed by atoms with van der Waals surface area (Å²) in [5, 5.41) is 4.75. The Kier molecular flexibility index (Phi) is 8.30. The van der Waals surface area contributed by atoms with Crippen molar-refractivity contribution in [1.29, 1.82) is 0 Å². The lowest BCUT2D eigenvalue weighted by molar-refractivity contribution is -0.122. The molecular formula is C18H26N6O5S. The number of hydrogen-bond acceptors (Lipinski definition) is 8. The third-order valence-electron chi connectivity index (χ3n) is 4.10. The van der Waals surface area contributed by atoms with Gasteiger partial charge in [-0.1, -0.05) is 13.8 Å². The van der Waals surface area contributed by atoms with E-state index in [1.807, 2.05) is 13.8 Å². The Morgan fingerprint density at radius 3 is 2.70 bits per heavy atom. The molecule has 11 nitrogen and oxygen atoms in total. The summed E-state index contributed by atoms with van der Waals surface area (Å²) < 4.78 is 6.26. The molecule has 30 heavy (non-hydrogen) atoms. The van der Waals surface area contributed by atoms with E-state index in [9.17, 15) is 19.2 Å². The van der Waals surface area contributed by atoms with Crippen molar-refractivity contribution in [2.75, 3.05) is 36.2 Å². The minimum absolute atomic E-state index is 0.0383. The molecule has 0 aromatic carbocycles. The van der Waals surface area contributed by atoms with Gasteiger partial charge in [0.2, 0.25) is 11.8 Å². The molecule has 4 N–H and O–H groups in total. The molecule has 0 aliphatic rings. The number of nitrogen functional groups attached to an aromatic ring is 1. The summed E-state index contributed by atoms with van der Waals surface area (Å²) in [6.07, 6.45) is 1.29. The Bertz CT molecular complexity index is 982. The second-order valence-electron chi connectivity index (χ2n) is 6.92. The number of nitrogens with one attached hydrogen (secondary N) is 2. The molecule has 0 spiro atoms. The van der Waals surface area contributed by atoms with Crippen molar-refractivity contribution in [2.45, 2.75) is 33.2 Å². The smallest absolute Gasteiger partial charge is 0.330 e. The maximum atomic E-state index is 12.9. The highest BCUT2D eigenvalue weighted by Gasteiger charge is 2.24. The van der Waals surface area contributed by atoms with Gasteiger partial charge in [0.05, 0.1) is 6.61 Å². The number of carbonyl (C=O) groups is 2. The van der Waals surface area contributed by atoms with Crippen molar-refractivity contribution < 1.29 is 14.3 Å². The Labute approximate surface area is 176 Å². The molecule has 0 saturated carbocycles. The molecule has 2 rings (SSSR count). The van der Waals surface area contributed by atoms with Gasteiger partial charge >= 0.3 is 5.69 Å². The number of nitrogens with two attached hydrogens (primary N) is 1. The summed E-state index contributed by atoms with van der Waals surface area (Å²) >= 11 is 1.26. The normalized spacial score (nSPS) is 10.9. The first-order valence-electron chi connectivity index (χ1n) is 9.35. The molecule has 0 aliphatic heterocycles. The number of aromatic amines is 1. The number of thiazole rings is 1. The van der Waals surface area contributed by atoms with E-state index in [1.165, 1.54) is 23.0 Å². The third kappa shape index (κ3) is 6.00. The summed E-state index contributed by atoms with van der Waals surface area (Å²) in [5.41, 5.74) is 4.57. The fourth-order valence-corrected chi connectivity index (χ4v) is 3.30. The van der Waals surface area contributed by atoms with Gasteiger partial charge in [-0.15, -0.1) is 11.3 Å². The van der Waals surface area contributed by atoms with E-state index in [4.69, 9.17) is 10.5 Å². The number of aromatic nitrogens is 3. The van der Waals surface area contributed by atoms with Crippen LogP contribution in [0.2, 0.25) is 0 Å². The monoisotopic (exact) mass is 438 g/mol. The van der Waals surface area contributed by atoms with E-state index in [2.05, 4.69) is 15.3 Å². The largest absolute Gasteiger partial charge is 0.383 e. The SMILES string of the molecule is COCCN(C(=O)CCC(=O)Nc1nccs1)c1c(N)n(CC(C)C)c(=O)[nH]c1=O. The molecule has 0 atom stereocenters. The Morgan fingerprint density at radius 2 is 2.10 bits per heavy atom. The van der Waals surface area contributed by atoms with E-state index in [1.54, 1.807) is 11.6 Å². The van der Waals surface area contributed by atoms with Crippen LogP contribution in [0.25, 0.3) is 0 Å². The van der Waals surface area contributed by atoms with Gasteiger partial charge in [0.1, 0.15) is 5.82 Å². The van der Waals surface area contributed by atoms with Crippen LogP contribution in [0.15, 0.2) is 21.2 Å². The van der Waals surface area contributed by atoms with Crippen LogP contribution >= 0.6 is 11.3 Å². The van der Waals surface area contributed by atoms with Crippen LogP contribution in [0.4, 0.5) is 16.6 Å². The first kappa shape index (κ1) is 23.3. The molecular weight excluding hydrogens is 412 g/mol. The molecule has 2 heterocycles. The minimum Gasteiger partial charge on any atom is -0.383 e. The van der Waals surface area contributed by atoms with Crippen molar-refractivity contribution in [3.05, 3.63) is 32.4 Å². The molecule has 2 amide bonds. The fourth-order valence-electron chi connectivity index (χ4n) is 2.75. The third-order valence-corrected chi connectivity index (χ3v) is 4.78. The van der Waals surface area contributed by atoms with E-state index in [0.717, 1.165) is 4.90 Å².